The molecule has 0 saturated heterocycles. The van der Waals surface area contributed by atoms with Gasteiger partial charge >= 0.3 is 0 Å². The molecule has 92 valence electrons. The SMILES string of the molecule is CC(=O)CCC=C(C)C(C)CCC=C(C)C. The van der Waals surface area contributed by atoms with Gasteiger partial charge in [-0.25, -0.2) is 0 Å². The van der Waals surface area contributed by atoms with Crippen LogP contribution in [0.25, 0.3) is 0 Å². The molecule has 0 fully saturated rings. The first-order valence-electron chi connectivity index (χ1n) is 6.23. The summed E-state index contributed by atoms with van der Waals surface area (Å²) in [5.74, 6) is 0.906. The van der Waals surface area contributed by atoms with E-state index in [9.17, 15) is 4.79 Å². The van der Waals surface area contributed by atoms with Gasteiger partial charge in [-0.05, 0) is 52.9 Å². The Bertz CT molecular complexity index is 267. The van der Waals surface area contributed by atoms with Crippen LogP contribution in [0.15, 0.2) is 23.3 Å². The van der Waals surface area contributed by atoms with Crippen molar-refractivity contribution in [3.05, 3.63) is 23.3 Å². The number of carbonyl (C=O) groups is 1. The van der Waals surface area contributed by atoms with Gasteiger partial charge in [-0.3, -0.25) is 0 Å². The fourth-order valence-electron chi connectivity index (χ4n) is 1.55. The van der Waals surface area contributed by atoms with Crippen LogP contribution in [0, 0.1) is 5.92 Å². The minimum atomic E-state index is 0.279. The molecule has 0 radical (unpaired) electrons. The van der Waals surface area contributed by atoms with E-state index in [1.165, 1.54) is 17.6 Å². The van der Waals surface area contributed by atoms with Gasteiger partial charge in [-0.2, -0.15) is 0 Å². The summed E-state index contributed by atoms with van der Waals surface area (Å²) < 4.78 is 0. The highest BCUT2D eigenvalue weighted by Crippen LogP contribution is 2.17. The number of allylic oxidation sites excluding steroid dienone is 4. The first-order valence-corrected chi connectivity index (χ1v) is 6.23. The van der Waals surface area contributed by atoms with Crippen molar-refractivity contribution in [3.63, 3.8) is 0 Å². The Balaban J connectivity index is 3.92. The molecule has 1 unspecified atom stereocenters. The van der Waals surface area contributed by atoms with Crippen LogP contribution in [-0.4, -0.2) is 5.78 Å². The predicted octanol–water partition coefficient (Wildman–Crippen LogP) is 4.68. The molecule has 0 amide bonds. The minimum Gasteiger partial charge on any atom is -0.300 e. The first kappa shape index (κ1) is 15.2. The maximum absolute atomic E-state index is 10.8. The highest BCUT2D eigenvalue weighted by molar-refractivity contribution is 5.75. The maximum atomic E-state index is 10.8. The molecule has 0 aromatic heterocycles. The molecule has 1 atom stereocenters. The molecule has 0 spiro atoms. The zero-order valence-corrected chi connectivity index (χ0v) is 11.5. The van der Waals surface area contributed by atoms with E-state index in [-0.39, 0.29) is 5.78 Å². The smallest absolute Gasteiger partial charge is 0.130 e. The fraction of sp³-hybridized carbons (Fsp3) is 0.667. The van der Waals surface area contributed by atoms with Crippen molar-refractivity contribution < 1.29 is 4.79 Å². The third kappa shape index (κ3) is 8.46. The lowest BCUT2D eigenvalue weighted by atomic mass is 9.95. The van der Waals surface area contributed by atoms with Crippen LogP contribution >= 0.6 is 0 Å². The van der Waals surface area contributed by atoms with E-state index < -0.39 is 0 Å². The van der Waals surface area contributed by atoms with E-state index in [4.69, 9.17) is 0 Å². The molecule has 0 aliphatic heterocycles. The second-order valence-corrected chi connectivity index (χ2v) is 4.95. The van der Waals surface area contributed by atoms with Gasteiger partial charge in [0.2, 0.25) is 0 Å². The van der Waals surface area contributed by atoms with Gasteiger partial charge in [0, 0.05) is 6.42 Å². The van der Waals surface area contributed by atoms with Crippen LogP contribution in [-0.2, 0) is 4.79 Å². The summed E-state index contributed by atoms with van der Waals surface area (Å²) in [7, 11) is 0. The van der Waals surface area contributed by atoms with E-state index >= 15 is 0 Å². The Morgan fingerprint density at radius 2 is 1.69 bits per heavy atom. The van der Waals surface area contributed by atoms with Crippen molar-refractivity contribution in [2.24, 2.45) is 5.92 Å². The van der Waals surface area contributed by atoms with Crippen molar-refractivity contribution in [2.45, 2.75) is 60.3 Å². The van der Waals surface area contributed by atoms with E-state index in [1.807, 2.05) is 0 Å². The topological polar surface area (TPSA) is 17.1 Å². The average molecular weight is 222 g/mol. The fourth-order valence-corrected chi connectivity index (χ4v) is 1.55. The Kier molecular flexibility index (Phi) is 7.88. The molecular weight excluding hydrogens is 196 g/mol. The predicted molar refractivity (Wildman–Crippen MR) is 71.5 cm³/mol. The summed E-state index contributed by atoms with van der Waals surface area (Å²) in [6.45, 7) is 10.4. The van der Waals surface area contributed by atoms with Crippen molar-refractivity contribution in [1.29, 1.82) is 0 Å². The number of rotatable bonds is 7. The van der Waals surface area contributed by atoms with Gasteiger partial charge in [0.15, 0.2) is 0 Å². The van der Waals surface area contributed by atoms with Crippen molar-refractivity contribution in [3.8, 4) is 0 Å². The Morgan fingerprint density at radius 3 is 2.19 bits per heavy atom. The Hall–Kier alpha value is -0.850. The Labute approximate surface area is 101 Å². The van der Waals surface area contributed by atoms with Crippen molar-refractivity contribution in [1.82, 2.24) is 0 Å². The molecule has 16 heavy (non-hydrogen) atoms. The molecule has 0 bridgehead atoms. The van der Waals surface area contributed by atoms with Gasteiger partial charge in [0.25, 0.3) is 0 Å². The van der Waals surface area contributed by atoms with E-state index in [2.05, 4.69) is 39.8 Å². The first-order chi connectivity index (χ1) is 7.43. The molecule has 1 nitrogen and oxygen atoms in total. The second kappa shape index (κ2) is 8.32. The van der Waals surface area contributed by atoms with Crippen LogP contribution < -0.4 is 0 Å². The van der Waals surface area contributed by atoms with Gasteiger partial charge in [0.1, 0.15) is 5.78 Å². The molecule has 0 N–H and O–H groups in total. The van der Waals surface area contributed by atoms with Crippen LogP contribution in [0.2, 0.25) is 0 Å². The molecule has 0 aliphatic rings. The normalized spacial score (nSPS) is 13.4. The number of hydrogen-bond acceptors (Lipinski definition) is 1. The lowest BCUT2D eigenvalue weighted by Crippen LogP contribution is -1.96. The molecule has 0 aromatic carbocycles. The van der Waals surface area contributed by atoms with E-state index in [0.29, 0.717) is 12.3 Å². The lowest BCUT2D eigenvalue weighted by molar-refractivity contribution is -0.116. The van der Waals surface area contributed by atoms with Gasteiger partial charge in [-0.1, -0.05) is 30.2 Å². The van der Waals surface area contributed by atoms with Gasteiger partial charge < -0.3 is 4.79 Å². The van der Waals surface area contributed by atoms with Crippen molar-refractivity contribution in [2.75, 3.05) is 0 Å². The van der Waals surface area contributed by atoms with Crippen LogP contribution in [0.4, 0.5) is 0 Å². The second-order valence-electron chi connectivity index (χ2n) is 4.95. The molecule has 1 heteroatoms. The standard InChI is InChI=1S/C15H26O/c1-12(2)8-6-9-13(3)14(4)10-7-11-15(5)16/h8,10,13H,6-7,9,11H2,1-5H3. The third-order valence-electron chi connectivity index (χ3n) is 2.89. The molecule has 0 heterocycles. The van der Waals surface area contributed by atoms with Crippen LogP contribution in [0.1, 0.15) is 60.3 Å². The zero-order valence-electron chi connectivity index (χ0n) is 11.5. The number of carbonyl (C=O) groups excluding carboxylic acids is 1. The summed E-state index contributed by atoms with van der Waals surface area (Å²) >= 11 is 0. The highest BCUT2D eigenvalue weighted by Gasteiger charge is 2.02. The number of Topliss-reactive ketones (excluding diaryl/α,β-unsaturated/α-hetero) is 1. The van der Waals surface area contributed by atoms with Crippen molar-refractivity contribution >= 4 is 5.78 Å². The molecule has 0 saturated carbocycles. The summed E-state index contributed by atoms with van der Waals surface area (Å²) in [6.07, 6.45) is 8.44. The Morgan fingerprint density at radius 1 is 1.06 bits per heavy atom. The lowest BCUT2D eigenvalue weighted by Gasteiger charge is -2.11. The van der Waals surface area contributed by atoms with E-state index in [1.54, 1.807) is 6.92 Å². The average Bonchev–Trinajstić information content (AvgIpc) is 2.16. The molecular formula is C15H26O. The third-order valence-corrected chi connectivity index (χ3v) is 2.89. The van der Waals surface area contributed by atoms with Gasteiger partial charge in [0.05, 0.1) is 0 Å². The molecule has 0 aliphatic carbocycles. The quantitative estimate of drug-likeness (QED) is 0.571. The monoisotopic (exact) mass is 222 g/mol. The highest BCUT2D eigenvalue weighted by atomic mass is 16.1. The van der Waals surface area contributed by atoms with E-state index in [0.717, 1.165) is 12.8 Å². The molecule has 0 aromatic rings. The summed E-state index contributed by atoms with van der Waals surface area (Å²) in [4.78, 5) is 10.8. The minimum absolute atomic E-state index is 0.279. The summed E-state index contributed by atoms with van der Waals surface area (Å²) in [5, 5.41) is 0. The molecule has 0 rings (SSSR count). The number of hydrogen-bond donors (Lipinski definition) is 0. The zero-order chi connectivity index (χ0) is 12.6. The van der Waals surface area contributed by atoms with Gasteiger partial charge in [-0.15, -0.1) is 0 Å². The maximum Gasteiger partial charge on any atom is 0.130 e. The number of ketones is 1. The largest absolute Gasteiger partial charge is 0.300 e. The summed E-state index contributed by atoms with van der Waals surface area (Å²) in [6, 6.07) is 0. The summed E-state index contributed by atoms with van der Waals surface area (Å²) in [5.41, 5.74) is 2.81. The van der Waals surface area contributed by atoms with Crippen LogP contribution in [0.3, 0.4) is 0 Å². The van der Waals surface area contributed by atoms with Crippen LogP contribution in [0.5, 0.6) is 0 Å².